The fourth-order valence-electron chi connectivity index (χ4n) is 1.25. The SMILES string of the molecule is CCN(CCC(N)=NO)C(=O)c1cn[nH]c1. The number of H-pyrrole nitrogens is 1. The fraction of sp³-hybridized carbons (Fsp3) is 0.444. The fourth-order valence-corrected chi connectivity index (χ4v) is 1.25. The lowest BCUT2D eigenvalue weighted by molar-refractivity contribution is 0.0768. The number of rotatable bonds is 5. The van der Waals surface area contributed by atoms with Crippen molar-refractivity contribution in [2.45, 2.75) is 13.3 Å². The average molecular weight is 225 g/mol. The zero-order valence-electron chi connectivity index (χ0n) is 9.05. The van der Waals surface area contributed by atoms with Gasteiger partial charge < -0.3 is 15.8 Å². The van der Waals surface area contributed by atoms with E-state index in [2.05, 4.69) is 15.4 Å². The van der Waals surface area contributed by atoms with Gasteiger partial charge in [0.15, 0.2) is 0 Å². The van der Waals surface area contributed by atoms with Gasteiger partial charge in [-0.25, -0.2) is 0 Å². The van der Waals surface area contributed by atoms with Crippen LogP contribution in [0.2, 0.25) is 0 Å². The van der Waals surface area contributed by atoms with Crippen LogP contribution < -0.4 is 5.73 Å². The van der Waals surface area contributed by atoms with Crippen LogP contribution in [0.3, 0.4) is 0 Å². The first kappa shape index (κ1) is 12.0. The minimum atomic E-state index is -0.123. The van der Waals surface area contributed by atoms with E-state index in [-0.39, 0.29) is 11.7 Å². The van der Waals surface area contributed by atoms with E-state index in [1.165, 1.54) is 12.4 Å². The molecule has 0 spiro atoms. The third-order valence-corrected chi connectivity index (χ3v) is 2.18. The molecular formula is C9H15N5O2. The summed E-state index contributed by atoms with van der Waals surface area (Å²) in [5, 5.41) is 17.5. The van der Waals surface area contributed by atoms with Crippen LogP contribution in [0.1, 0.15) is 23.7 Å². The van der Waals surface area contributed by atoms with E-state index >= 15 is 0 Å². The number of nitrogens with two attached hydrogens (primary N) is 1. The van der Waals surface area contributed by atoms with Gasteiger partial charge in [0.2, 0.25) is 0 Å². The molecule has 0 unspecified atom stereocenters. The molecule has 7 nitrogen and oxygen atoms in total. The highest BCUT2D eigenvalue weighted by Gasteiger charge is 2.14. The summed E-state index contributed by atoms with van der Waals surface area (Å²) >= 11 is 0. The molecule has 0 fully saturated rings. The maximum absolute atomic E-state index is 11.9. The number of amidine groups is 1. The second kappa shape index (κ2) is 5.74. The van der Waals surface area contributed by atoms with Crippen LogP contribution in [0.15, 0.2) is 17.5 Å². The van der Waals surface area contributed by atoms with Crippen LogP contribution in [0.5, 0.6) is 0 Å². The molecule has 88 valence electrons. The highest BCUT2D eigenvalue weighted by molar-refractivity contribution is 5.94. The van der Waals surface area contributed by atoms with Gasteiger partial charge in [0, 0.05) is 25.7 Å². The van der Waals surface area contributed by atoms with E-state index in [9.17, 15) is 4.79 Å². The lowest BCUT2D eigenvalue weighted by atomic mass is 10.3. The van der Waals surface area contributed by atoms with Crippen LogP contribution in [0.4, 0.5) is 0 Å². The Morgan fingerprint density at radius 3 is 3.00 bits per heavy atom. The van der Waals surface area contributed by atoms with E-state index in [4.69, 9.17) is 10.9 Å². The zero-order valence-corrected chi connectivity index (χ0v) is 9.05. The lowest BCUT2D eigenvalue weighted by Gasteiger charge is -2.19. The minimum Gasteiger partial charge on any atom is -0.409 e. The summed E-state index contributed by atoms with van der Waals surface area (Å²) in [6, 6.07) is 0. The molecule has 4 N–H and O–H groups in total. The Hall–Kier alpha value is -2.05. The molecule has 0 radical (unpaired) electrons. The monoisotopic (exact) mass is 225 g/mol. The highest BCUT2D eigenvalue weighted by Crippen LogP contribution is 2.02. The van der Waals surface area contributed by atoms with Gasteiger partial charge in [0.1, 0.15) is 5.84 Å². The van der Waals surface area contributed by atoms with E-state index < -0.39 is 0 Å². The van der Waals surface area contributed by atoms with Crippen LogP contribution >= 0.6 is 0 Å². The molecule has 0 saturated heterocycles. The van der Waals surface area contributed by atoms with Crippen molar-refractivity contribution in [3.63, 3.8) is 0 Å². The van der Waals surface area contributed by atoms with Crippen molar-refractivity contribution >= 4 is 11.7 Å². The van der Waals surface area contributed by atoms with Gasteiger partial charge in [-0.2, -0.15) is 5.10 Å². The molecule has 16 heavy (non-hydrogen) atoms. The Balaban J connectivity index is 2.58. The summed E-state index contributed by atoms with van der Waals surface area (Å²) in [4.78, 5) is 13.5. The first-order valence-corrected chi connectivity index (χ1v) is 4.93. The second-order valence-electron chi connectivity index (χ2n) is 3.21. The molecular weight excluding hydrogens is 210 g/mol. The second-order valence-corrected chi connectivity index (χ2v) is 3.21. The van der Waals surface area contributed by atoms with Crippen molar-refractivity contribution < 1.29 is 10.0 Å². The third-order valence-electron chi connectivity index (χ3n) is 2.18. The summed E-state index contributed by atoms with van der Waals surface area (Å²) in [6.07, 6.45) is 3.34. The van der Waals surface area contributed by atoms with Crippen molar-refractivity contribution in [3.05, 3.63) is 18.0 Å². The summed E-state index contributed by atoms with van der Waals surface area (Å²) in [6.45, 7) is 2.84. The average Bonchev–Trinajstić information content (AvgIpc) is 2.82. The number of oxime groups is 1. The van der Waals surface area contributed by atoms with Crippen LogP contribution in [0.25, 0.3) is 0 Å². The molecule has 0 aliphatic rings. The molecule has 1 rings (SSSR count). The van der Waals surface area contributed by atoms with E-state index in [0.29, 0.717) is 25.1 Å². The maximum Gasteiger partial charge on any atom is 0.257 e. The Labute approximate surface area is 92.9 Å². The molecule has 1 amide bonds. The van der Waals surface area contributed by atoms with E-state index in [1.807, 2.05) is 6.92 Å². The number of hydrogen-bond acceptors (Lipinski definition) is 4. The summed E-state index contributed by atoms with van der Waals surface area (Å²) < 4.78 is 0. The summed E-state index contributed by atoms with van der Waals surface area (Å²) in [5.74, 6) is -0.0135. The van der Waals surface area contributed by atoms with Crippen LogP contribution in [0, 0.1) is 0 Å². The molecule has 0 aliphatic heterocycles. The Bertz CT molecular complexity index is 360. The van der Waals surface area contributed by atoms with Gasteiger partial charge in [0.05, 0.1) is 11.8 Å². The number of nitrogens with zero attached hydrogens (tertiary/aromatic N) is 3. The molecule has 1 aromatic rings. The largest absolute Gasteiger partial charge is 0.409 e. The minimum absolute atomic E-state index is 0.110. The van der Waals surface area contributed by atoms with Gasteiger partial charge in [0.25, 0.3) is 5.91 Å². The van der Waals surface area contributed by atoms with Crippen molar-refractivity contribution in [2.75, 3.05) is 13.1 Å². The van der Waals surface area contributed by atoms with Crippen molar-refractivity contribution in [1.29, 1.82) is 0 Å². The predicted octanol–water partition coefficient (Wildman–Crippen LogP) is 0.00830. The molecule has 1 aromatic heterocycles. The Morgan fingerprint density at radius 2 is 2.50 bits per heavy atom. The van der Waals surface area contributed by atoms with Gasteiger partial charge in [-0.05, 0) is 6.92 Å². The number of aromatic amines is 1. The quantitative estimate of drug-likeness (QED) is 0.284. The van der Waals surface area contributed by atoms with Crippen molar-refractivity contribution in [1.82, 2.24) is 15.1 Å². The molecule has 0 atom stereocenters. The number of carbonyl (C=O) groups excluding carboxylic acids is 1. The van der Waals surface area contributed by atoms with Gasteiger partial charge in [-0.1, -0.05) is 5.16 Å². The normalized spacial score (nSPS) is 11.4. The molecule has 0 bridgehead atoms. The third kappa shape index (κ3) is 2.97. The van der Waals surface area contributed by atoms with Crippen molar-refractivity contribution in [2.24, 2.45) is 10.9 Å². The zero-order chi connectivity index (χ0) is 12.0. The Kier molecular flexibility index (Phi) is 4.31. The Morgan fingerprint density at radius 1 is 1.75 bits per heavy atom. The maximum atomic E-state index is 11.9. The topological polar surface area (TPSA) is 108 Å². The first-order chi connectivity index (χ1) is 7.69. The lowest BCUT2D eigenvalue weighted by Crippen LogP contribution is -2.33. The number of carbonyl (C=O) groups is 1. The molecule has 7 heteroatoms. The van der Waals surface area contributed by atoms with Gasteiger partial charge in [-0.3, -0.25) is 9.89 Å². The summed E-state index contributed by atoms with van der Waals surface area (Å²) in [7, 11) is 0. The molecule has 0 saturated carbocycles. The van der Waals surface area contributed by atoms with Crippen LogP contribution in [-0.4, -0.2) is 45.1 Å². The molecule has 1 heterocycles. The van der Waals surface area contributed by atoms with E-state index in [1.54, 1.807) is 4.90 Å². The number of hydrogen-bond donors (Lipinski definition) is 3. The van der Waals surface area contributed by atoms with Crippen LogP contribution in [-0.2, 0) is 0 Å². The number of amides is 1. The number of aromatic nitrogens is 2. The number of nitrogens with one attached hydrogen (secondary N) is 1. The van der Waals surface area contributed by atoms with Gasteiger partial charge in [-0.15, -0.1) is 0 Å². The standard InChI is InChI=1S/C9H15N5O2/c1-2-14(4-3-8(10)13-16)9(15)7-5-11-12-6-7/h5-6,16H,2-4H2,1H3,(H2,10,13)(H,11,12). The first-order valence-electron chi connectivity index (χ1n) is 4.93. The molecule has 0 aromatic carbocycles. The predicted molar refractivity (Wildman–Crippen MR) is 58.2 cm³/mol. The van der Waals surface area contributed by atoms with Crippen molar-refractivity contribution in [3.8, 4) is 0 Å². The smallest absolute Gasteiger partial charge is 0.257 e. The highest BCUT2D eigenvalue weighted by atomic mass is 16.4. The van der Waals surface area contributed by atoms with E-state index in [0.717, 1.165) is 0 Å². The van der Waals surface area contributed by atoms with Gasteiger partial charge >= 0.3 is 0 Å². The molecule has 0 aliphatic carbocycles. The summed E-state index contributed by atoms with van der Waals surface area (Å²) in [5.41, 5.74) is 5.84.